The van der Waals surface area contributed by atoms with Crippen molar-refractivity contribution in [2.75, 3.05) is 60.6 Å². The topological polar surface area (TPSA) is 298 Å². The molecule has 4 atom stereocenters. The average molecular weight is 1430 g/mol. The summed E-state index contributed by atoms with van der Waals surface area (Å²) in [6, 6.07) is 36.3. The number of nitrogens with one attached hydrogen (secondary N) is 3. The Morgan fingerprint density at radius 2 is 1.23 bits per heavy atom. The largest absolute Gasteiger partial charge is 0.497 e. The number of rotatable bonds is 19. The number of aliphatic imine (C=N–C) groups is 1. The summed E-state index contributed by atoms with van der Waals surface area (Å²) in [6.07, 6.45) is 12.2. The van der Waals surface area contributed by atoms with Gasteiger partial charge in [-0.25, -0.2) is 29.1 Å². The Hall–Kier alpha value is -10.7. The zero-order chi connectivity index (χ0) is 71.4. The fourth-order valence-corrected chi connectivity index (χ4v) is 15.9. The van der Waals surface area contributed by atoms with Crippen molar-refractivity contribution in [3.8, 4) is 40.1 Å². The molecule has 24 nitrogen and oxygen atoms in total. The van der Waals surface area contributed by atoms with E-state index in [4.69, 9.17) is 23.7 Å². The van der Waals surface area contributed by atoms with E-state index in [1.807, 2.05) is 168 Å². The van der Waals surface area contributed by atoms with Crippen molar-refractivity contribution in [3.05, 3.63) is 215 Å². The number of aromatic amines is 3. The van der Waals surface area contributed by atoms with E-state index < -0.39 is 43.2 Å². The lowest BCUT2D eigenvalue weighted by molar-refractivity contribution is 0.348. The van der Waals surface area contributed by atoms with E-state index in [1.165, 1.54) is 0 Å². The van der Waals surface area contributed by atoms with E-state index in [0.29, 0.717) is 78.8 Å². The fraction of sp³-hybridized carbons (Fsp3) is 0.233. The molecule has 13 aromatic rings. The van der Waals surface area contributed by atoms with Crippen molar-refractivity contribution in [1.82, 2.24) is 64.4 Å². The Morgan fingerprint density at radius 3 is 1.90 bits per heavy atom. The van der Waals surface area contributed by atoms with Gasteiger partial charge in [-0.1, -0.05) is 48.5 Å². The van der Waals surface area contributed by atoms with Crippen LogP contribution in [0.1, 0.15) is 55.9 Å². The summed E-state index contributed by atoms with van der Waals surface area (Å²) in [5.41, 5.74) is 17.0. The molecule has 4 aromatic carbocycles. The highest BCUT2D eigenvalue weighted by Gasteiger charge is 2.23. The van der Waals surface area contributed by atoms with Crippen LogP contribution in [-0.4, -0.2) is 143 Å². The van der Waals surface area contributed by atoms with Gasteiger partial charge in [0.2, 0.25) is 22.1 Å². The van der Waals surface area contributed by atoms with Crippen molar-refractivity contribution in [1.29, 1.82) is 0 Å². The van der Waals surface area contributed by atoms with Crippen molar-refractivity contribution >= 4 is 88.0 Å². The number of para-hydroxylation sites is 3. The standard InChI is InChI=1S/C20H17N3O2S.C19H20N4O3S.C18H20N4OS.C16H18N4O3S/c1-13-6-5-7-15(18-12-14(25-2)10-11-21-18)19(13)26(24)20-22-16-8-3-4-9-17(16)23-20;1-11-9-21-16(12(2)17(11)25-3)10-27(24)19-22-14-5-4-13(8-15(14)23-19)18-20-6-7-26-18;1-14-8-9-19-12-17(14)22-11-10-20-18(22)24(23)13-15-6-4-5-7-16(15)21(2)3;1-9-7-17-12(10(2)14(9)23-4)8-24(21)16-18-11-5-6-13(22-3)19-15(11)20-16/h3-12H,1-2H3,(H,22,23);4-5,8-9H,6-7,10H2,1-3H3,(H,22,23);4-12H,13H2,1-3H3;5-7H,8H2,1-4H3,(H,18,19,20). The molecule has 0 saturated carbocycles. The monoisotopic (exact) mass is 1430 g/mol. The molecular weight excluding hydrogens is 1360 g/mol. The SMILES string of the molecule is COc1c(C)cnc(CS(=O)c2nc3ccc(C4=NCCO4)cc3[nH]2)c1C.COc1ccc2[nH]c(S(=O)Cc3ncc(C)c(OC)c3C)nc2n1.COc1ccnc(-c2cccc(C)c2S(=O)c2nc3ccccc3[nH]2)c1.Cc1ccncc1-n1ccnc1S(=O)Cc1ccccc1N(C)C. The highest BCUT2D eigenvalue weighted by Crippen LogP contribution is 2.34. The van der Waals surface area contributed by atoms with Gasteiger partial charge >= 0.3 is 0 Å². The van der Waals surface area contributed by atoms with Crippen molar-refractivity contribution in [3.63, 3.8) is 0 Å². The molecule has 9 aromatic heterocycles. The van der Waals surface area contributed by atoms with Gasteiger partial charge in [-0.05, 0) is 113 Å². The number of nitrogens with zero attached hydrogens (tertiary/aromatic N) is 12. The summed E-state index contributed by atoms with van der Waals surface area (Å²) in [5.74, 6) is 4.30. The molecule has 4 unspecified atom stereocenters. The lowest BCUT2D eigenvalue weighted by Gasteiger charge is -2.17. The number of hydrogen-bond donors (Lipinski definition) is 3. The van der Waals surface area contributed by atoms with Gasteiger partial charge in [-0.15, -0.1) is 0 Å². The summed E-state index contributed by atoms with van der Waals surface area (Å²) in [6.45, 7) is 12.9. The summed E-state index contributed by atoms with van der Waals surface area (Å²) < 4.78 is 80.3. The van der Waals surface area contributed by atoms with Gasteiger partial charge in [-0.2, -0.15) is 4.98 Å². The summed E-state index contributed by atoms with van der Waals surface area (Å²) >= 11 is 0. The molecule has 0 radical (unpaired) electrons. The molecule has 520 valence electrons. The van der Waals surface area contributed by atoms with Gasteiger partial charge in [0.25, 0.3) is 0 Å². The fourth-order valence-electron chi connectivity index (χ4n) is 11.2. The second kappa shape index (κ2) is 32.5. The van der Waals surface area contributed by atoms with Gasteiger partial charge < -0.3 is 43.5 Å². The van der Waals surface area contributed by atoms with Crippen molar-refractivity contribution in [2.24, 2.45) is 4.99 Å². The Balaban J connectivity index is 0.000000136. The summed E-state index contributed by atoms with van der Waals surface area (Å²) in [7, 11) is 4.95. The predicted molar refractivity (Wildman–Crippen MR) is 393 cm³/mol. The van der Waals surface area contributed by atoms with Crippen LogP contribution in [0.2, 0.25) is 0 Å². The molecule has 0 bridgehead atoms. The smallest absolute Gasteiger partial charge is 0.216 e. The van der Waals surface area contributed by atoms with E-state index >= 15 is 0 Å². The number of aromatic nitrogens is 13. The number of H-pyrrole nitrogens is 3. The molecule has 101 heavy (non-hydrogen) atoms. The van der Waals surface area contributed by atoms with Gasteiger partial charge in [0.05, 0.1) is 146 Å². The van der Waals surface area contributed by atoms with E-state index in [9.17, 15) is 16.8 Å². The molecule has 3 N–H and O–H groups in total. The first kappa shape index (κ1) is 71.6. The zero-order valence-corrected chi connectivity index (χ0v) is 61.0. The first-order valence-electron chi connectivity index (χ1n) is 31.7. The number of ether oxygens (including phenoxy) is 5. The van der Waals surface area contributed by atoms with Crippen LogP contribution in [0.25, 0.3) is 50.2 Å². The van der Waals surface area contributed by atoms with E-state index in [0.717, 1.165) is 106 Å². The minimum atomic E-state index is -1.46. The van der Waals surface area contributed by atoms with Crippen LogP contribution in [0.3, 0.4) is 0 Å². The minimum absolute atomic E-state index is 0.249. The van der Waals surface area contributed by atoms with Crippen LogP contribution in [0.4, 0.5) is 5.69 Å². The number of anilines is 1. The number of imidazole rings is 4. The van der Waals surface area contributed by atoms with Crippen LogP contribution < -0.4 is 23.8 Å². The maximum atomic E-state index is 13.3. The predicted octanol–water partition coefficient (Wildman–Crippen LogP) is 12.0. The lowest BCUT2D eigenvalue weighted by atomic mass is 10.1. The summed E-state index contributed by atoms with van der Waals surface area (Å²) in [5, 5.41) is 1.77. The van der Waals surface area contributed by atoms with Gasteiger partial charge in [0, 0.05) is 102 Å². The van der Waals surface area contributed by atoms with Gasteiger partial charge in [0.1, 0.15) is 34.7 Å². The lowest BCUT2D eigenvalue weighted by Crippen LogP contribution is -2.13. The first-order valence-corrected chi connectivity index (χ1v) is 36.8. The molecule has 0 aliphatic carbocycles. The Labute approximate surface area is 593 Å². The van der Waals surface area contributed by atoms with Crippen LogP contribution in [0, 0.1) is 41.5 Å². The average Bonchev–Trinajstić information content (AvgIpc) is 1.79. The quantitative estimate of drug-likeness (QED) is 0.0677. The van der Waals surface area contributed by atoms with Crippen molar-refractivity contribution in [2.45, 2.75) is 84.3 Å². The molecule has 10 heterocycles. The number of methoxy groups -OCH3 is 4. The summed E-state index contributed by atoms with van der Waals surface area (Å²) in [4.78, 5) is 55.7. The zero-order valence-electron chi connectivity index (χ0n) is 57.7. The van der Waals surface area contributed by atoms with Crippen LogP contribution in [0.15, 0.2) is 189 Å². The van der Waals surface area contributed by atoms with Crippen LogP contribution in [0.5, 0.6) is 23.1 Å². The molecule has 14 rings (SSSR count). The van der Waals surface area contributed by atoms with E-state index in [-0.39, 0.29) is 11.5 Å². The third-order valence-electron chi connectivity index (χ3n) is 16.3. The third kappa shape index (κ3) is 16.5. The Kier molecular flexibility index (Phi) is 23.1. The molecule has 0 spiro atoms. The second-order valence-electron chi connectivity index (χ2n) is 23.3. The third-order valence-corrected chi connectivity index (χ3v) is 21.4. The maximum Gasteiger partial charge on any atom is 0.216 e. The molecule has 28 heteroatoms. The maximum absolute atomic E-state index is 13.3. The Bertz CT molecular complexity index is 5250. The highest BCUT2D eigenvalue weighted by atomic mass is 32.2. The number of hydrogen-bond acceptors (Lipinski definition) is 20. The molecular formula is C73H75N15O9S4. The molecule has 0 fully saturated rings. The van der Waals surface area contributed by atoms with Crippen molar-refractivity contribution < 1.29 is 40.5 Å². The highest BCUT2D eigenvalue weighted by molar-refractivity contribution is 7.85. The second-order valence-corrected chi connectivity index (χ2v) is 28.7. The van der Waals surface area contributed by atoms with Gasteiger partial charge in [0.15, 0.2) is 16.0 Å². The Morgan fingerprint density at radius 1 is 0.554 bits per heavy atom. The first-order chi connectivity index (χ1) is 48.8. The van der Waals surface area contributed by atoms with Gasteiger partial charge in [-0.3, -0.25) is 37.1 Å². The molecule has 0 saturated heterocycles. The molecule has 0 amide bonds. The number of benzene rings is 4. The van der Waals surface area contributed by atoms with Crippen LogP contribution in [-0.2, 0) is 65.2 Å². The van der Waals surface area contributed by atoms with E-state index in [1.54, 1.807) is 83.8 Å². The normalized spacial score (nSPS) is 12.9. The molecule has 1 aliphatic rings. The molecule has 1 aliphatic heterocycles. The van der Waals surface area contributed by atoms with Crippen LogP contribution >= 0.6 is 0 Å². The van der Waals surface area contributed by atoms with E-state index in [2.05, 4.69) is 64.8 Å². The number of aryl methyl sites for hydroxylation is 4. The number of fused-ring (bicyclic) bond motifs is 3. The minimum Gasteiger partial charge on any atom is -0.497 e. The number of pyridine rings is 5.